The molecule has 70 heavy (non-hydrogen) atoms. The van der Waals surface area contributed by atoms with E-state index in [0.717, 1.165) is 25.7 Å². The van der Waals surface area contributed by atoms with Gasteiger partial charge in [0.25, 0.3) is 0 Å². The number of hydrogen-bond donors (Lipinski definition) is 0. The molecule has 0 spiro atoms. The Balaban J connectivity index is 1.30. The van der Waals surface area contributed by atoms with Crippen molar-refractivity contribution < 1.29 is 16.4 Å². The molecule has 2 aliphatic carbocycles. The van der Waals surface area contributed by atoms with Crippen molar-refractivity contribution in [1.82, 2.24) is 0 Å². The Labute approximate surface area is 427 Å². The first-order valence-electron chi connectivity index (χ1n) is 25.8. The van der Waals surface area contributed by atoms with Crippen LogP contribution < -0.4 is 13.6 Å². The fourth-order valence-corrected chi connectivity index (χ4v) is 40.0. The van der Waals surface area contributed by atoms with E-state index in [1.807, 2.05) is 0 Å². The number of aryl methyl sites for hydroxylation is 2. The monoisotopic (exact) mass is 1040 g/mol. The summed E-state index contributed by atoms with van der Waals surface area (Å²) in [5.41, 5.74) is 23.5. The molecule has 0 radical (unpaired) electrons. The molecule has 0 N–H and O–H groups in total. The van der Waals surface area contributed by atoms with Crippen LogP contribution in [0.5, 0.6) is 0 Å². The first-order valence-corrected chi connectivity index (χ1v) is 37.7. The van der Waals surface area contributed by atoms with Gasteiger partial charge in [0.05, 0.1) is 0 Å². The summed E-state index contributed by atoms with van der Waals surface area (Å²) in [4.78, 5) is 0. The van der Waals surface area contributed by atoms with Crippen molar-refractivity contribution in [1.29, 1.82) is 0 Å². The van der Waals surface area contributed by atoms with Crippen LogP contribution in [0.15, 0.2) is 176 Å². The maximum absolute atomic E-state index is 9.78. The molecule has 8 aromatic rings. The average Bonchev–Trinajstić information content (AvgIpc) is 4.10. The summed E-state index contributed by atoms with van der Waals surface area (Å²) in [6, 6.07) is 66.5. The van der Waals surface area contributed by atoms with Crippen molar-refractivity contribution in [3.8, 4) is 33.4 Å². The predicted octanol–water partition coefficient (Wildman–Crippen LogP) is 16.5. The zero-order valence-corrected chi connectivity index (χ0v) is 46.9. The van der Waals surface area contributed by atoms with E-state index in [4.69, 9.17) is 0 Å². The van der Waals surface area contributed by atoms with Gasteiger partial charge in [-0.3, -0.25) is 0 Å². The summed E-state index contributed by atoms with van der Waals surface area (Å²) in [6.07, 6.45) is 9.17. The van der Waals surface area contributed by atoms with E-state index in [1.54, 1.807) is 0 Å². The molecule has 2 unspecified atom stereocenters. The second-order valence-corrected chi connectivity index (χ2v) is 43.2. The van der Waals surface area contributed by atoms with Crippen LogP contribution in [0, 0.1) is 0 Å². The summed E-state index contributed by atoms with van der Waals surface area (Å²) in [7, 11) is 18.6. The zero-order chi connectivity index (χ0) is 48.3. The molecule has 0 nitrogen and oxygen atoms in total. The number of benzene rings is 8. The van der Waals surface area contributed by atoms with Crippen LogP contribution in [0.25, 0.3) is 56.7 Å². The molecule has 0 saturated carbocycles. The molecule has 0 aromatic heterocycles. The van der Waals surface area contributed by atoms with Gasteiger partial charge in [-0.1, -0.05) is 0 Å². The summed E-state index contributed by atoms with van der Waals surface area (Å²) in [6.45, 7) is 13.9. The molecule has 0 amide bonds. The van der Waals surface area contributed by atoms with E-state index in [-0.39, 0.29) is 7.25 Å². The van der Waals surface area contributed by atoms with Gasteiger partial charge < -0.3 is 0 Å². The molecule has 4 heteroatoms. The van der Waals surface area contributed by atoms with Crippen molar-refractivity contribution in [2.45, 2.75) is 86.3 Å². The molecule has 3 aliphatic rings. The topological polar surface area (TPSA) is 0 Å². The summed E-state index contributed by atoms with van der Waals surface area (Å²) < 4.78 is 0.682. The normalized spacial score (nSPS) is 16.7. The van der Waals surface area contributed by atoms with Crippen LogP contribution in [-0.4, -0.2) is 9.52 Å². The Hall–Kier alpha value is -5.08. The second kappa shape index (κ2) is 18.8. The van der Waals surface area contributed by atoms with Crippen molar-refractivity contribution in [3.63, 3.8) is 0 Å². The predicted molar refractivity (Wildman–Crippen MR) is 305 cm³/mol. The van der Waals surface area contributed by atoms with Crippen LogP contribution in [0.1, 0.15) is 129 Å². The standard InChI is InChI=1S/2C27H27.C12H9Si.2ClH.Zr/c2*1-4-10-21-15-16-22-17-23(20-11-6-5-7-12-20)18-26(22)27(21)25-14-9-8-13-24(25)19(2)3;1-3-7-11-9(5-1)10-6-2-4-8-12(10)13-11;;;/h2*5-9,11-19H,4,10H2,1-3H3;1-7H,13H2;2*1H;/q;;;;;+2/p-2. The Bertz CT molecular complexity index is 3200. The van der Waals surface area contributed by atoms with E-state index >= 15 is 0 Å². The van der Waals surface area contributed by atoms with E-state index in [9.17, 15) is 17.0 Å². The van der Waals surface area contributed by atoms with Gasteiger partial charge in [-0.25, -0.2) is 0 Å². The van der Waals surface area contributed by atoms with Gasteiger partial charge in [-0.2, -0.15) is 0 Å². The van der Waals surface area contributed by atoms with Crippen LogP contribution in [0.2, 0.25) is 0 Å². The minimum absolute atomic E-state index is 0.281. The van der Waals surface area contributed by atoms with Crippen LogP contribution in [-0.2, 0) is 29.2 Å². The third-order valence-corrected chi connectivity index (χ3v) is 38.5. The van der Waals surface area contributed by atoms with Gasteiger partial charge in [0.15, 0.2) is 0 Å². The van der Waals surface area contributed by atoms with Gasteiger partial charge in [0, 0.05) is 0 Å². The van der Waals surface area contributed by atoms with Crippen LogP contribution in [0.4, 0.5) is 0 Å². The molecule has 8 aromatic carbocycles. The molecular formula is C66H63Cl2SiZr. The van der Waals surface area contributed by atoms with Crippen molar-refractivity contribution in [2.75, 3.05) is 0 Å². The maximum atomic E-state index is 9.78. The van der Waals surface area contributed by atoms with Gasteiger partial charge >= 0.3 is 431 Å². The quantitative estimate of drug-likeness (QED) is 0.101. The fraction of sp³-hybridized carbons (Fsp3) is 0.212. The van der Waals surface area contributed by atoms with Gasteiger partial charge in [0.2, 0.25) is 0 Å². The minimum atomic E-state index is -6.06. The molecule has 1 aliphatic heterocycles. The van der Waals surface area contributed by atoms with E-state index < -0.39 is 25.9 Å². The van der Waals surface area contributed by atoms with Gasteiger partial charge in [-0.15, -0.1) is 0 Å². The third-order valence-electron chi connectivity index (χ3n) is 16.0. The molecule has 0 saturated heterocycles. The molecule has 0 fully saturated rings. The second-order valence-electron chi connectivity index (χ2n) is 20.8. The van der Waals surface area contributed by atoms with Crippen molar-refractivity contribution in [2.24, 2.45) is 0 Å². The zero-order valence-electron chi connectivity index (χ0n) is 41.5. The Morgan fingerprint density at radius 1 is 0.457 bits per heavy atom. The summed E-state index contributed by atoms with van der Waals surface area (Å²) in [5, 5.41) is 2.90. The number of fused-ring (bicyclic) bond motifs is 5. The molecule has 0 bridgehead atoms. The third kappa shape index (κ3) is 7.62. The van der Waals surface area contributed by atoms with Crippen LogP contribution >= 0.6 is 17.0 Å². The molecule has 1 heterocycles. The van der Waals surface area contributed by atoms with Crippen molar-refractivity contribution in [3.05, 3.63) is 232 Å². The summed E-state index contributed by atoms with van der Waals surface area (Å²) in [5.74, 6) is 0.697. The van der Waals surface area contributed by atoms with Crippen molar-refractivity contribution >= 4 is 63.5 Å². The van der Waals surface area contributed by atoms with Gasteiger partial charge in [-0.05, 0) is 0 Å². The number of hydrogen-bond acceptors (Lipinski definition) is 0. The first-order chi connectivity index (χ1) is 34.0. The Morgan fingerprint density at radius 3 is 1.36 bits per heavy atom. The van der Waals surface area contributed by atoms with Crippen LogP contribution in [0.3, 0.4) is 0 Å². The van der Waals surface area contributed by atoms with E-state index in [1.165, 1.54) is 114 Å². The average molecular weight is 1050 g/mol. The number of allylic oxidation sites excluding steroid dienone is 2. The SMILES string of the molecule is CCCc1ccc2c(c1-c1ccccc1C(C)C)C=C(c1ccccc1)[CH]2[Zr]([Cl])([Cl])([c]1cccc2c1[SiH2]c1ccccc1-2)[CH]1C(c2ccccc2)=Cc2c1ccc(CCC)c2-c1ccccc1C(C)C. The molecule has 2 atom stereocenters. The Morgan fingerprint density at radius 2 is 0.886 bits per heavy atom. The number of halogens is 2. The summed E-state index contributed by atoms with van der Waals surface area (Å²) >= 11 is -6.06. The number of rotatable bonds is 13. The first kappa shape index (κ1) is 47.3. The van der Waals surface area contributed by atoms with E-state index in [0.29, 0.717) is 11.8 Å². The molecular weight excluding hydrogens is 983 g/mol. The molecule has 349 valence electrons. The fourth-order valence-electron chi connectivity index (χ4n) is 13.0. The van der Waals surface area contributed by atoms with Gasteiger partial charge in [0.1, 0.15) is 0 Å². The van der Waals surface area contributed by atoms with E-state index in [2.05, 4.69) is 230 Å². The Kier molecular flexibility index (Phi) is 12.7. The molecule has 11 rings (SSSR count).